The molecule has 0 aromatic carbocycles. The van der Waals surface area contributed by atoms with E-state index in [2.05, 4.69) is 33.2 Å². The fourth-order valence-corrected chi connectivity index (χ4v) is 4.25. The van der Waals surface area contributed by atoms with Gasteiger partial charge < -0.3 is 14.6 Å². The van der Waals surface area contributed by atoms with Gasteiger partial charge in [0.25, 0.3) is 0 Å². The number of pyridine rings is 2. The highest BCUT2D eigenvalue weighted by molar-refractivity contribution is 5.65. The van der Waals surface area contributed by atoms with Gasteiger partial charge in [-0.15, -0.1) is 0 Å². The number of hydrogen-bond donors (Lipinski definition) is 1. The highest BCUT2D eigenvalue weighted by atomic mass is 16.1. The quantitative estimate of drug-likeness (QED) is 0.552. The second-order valence-corrected chi connectivity index (χ2v) is 8.23. The predicted molar refractivity (Wildman–Crippen MR) is 117 cm³/mol. The number of anilines is 1. The van der Waals surface area contributed by atoms with Crippen molar-refractivity contribution in [1.29, 1.82) is 0 Å². The van der Waals surface area contributed by atoms with Crippen LogP contribution in [0.5, 0.6) is 0 Å². The van der Waals surface area contributed by atoms with Gasteiger partial charge in [0.15, 0.2) is 5.82 Å². The third-order valence-electron chi connectivity index (χ3n) is 5.67. The van der Waals surface area contributed by atoms with Crippen LogP contribution in [-0.2, 0) is 0 Å². The summed E-state index contributed by atoms with van der Waals surface area (Å²) in [6.07, 6.45) is 5.76. The maximum atomic E-state index is 12.9. The SMILES string of the molecule is Cc1cn2cc(-c3nc(=O)n4cc(N5CCN[C@@H](C)C5)cc(C)c4n3)cc(C)c2n1. The Bertz CT molecular complexity index is 1340. The molecule has 1 atom stereocenters. The lowest BCUT2D eigenvalue weighted by Gasteiger charge is -2.33. The molecule has 1 N–H and O–H groups in total. The minimum Gasteiger partial charge on any atom is -0.368 e. The van der Waals surface area contributed by atoms with Gasteiger partial charge in [-0.1, -0.05) is 0 Å². The number of nitrogens with zero attached hydrogens (tertiary/aromatic N) is 6. The summed E-state index contributed by atoms with van der Waals surface area (Å²) in [4.78, 5) is 28.8. The monoisotopic (exact) mass is 403 g/mol. The second kappa shape index (κ2) is 6.91. The van der Waals surface area contributed by atoms with E-state index in [4.69, 9.17) is 4.98 Å². The standard InChI is InChI=1S/C22H25N7O/c1-13-7-17(11-28-10-16(4)24-20(13)28)19-25-21-14(2)8-18(12-29(21)22(30)26-19)27-6-5-23-15(3)9-27/h7-8,10-12,15,23H,5-6,9H2,1-4H3/t15-/m0/s1. The van der Waals surface area contributed by atoms with E-state index in [1.54, 1.807) is 4.40 Å². The molecule has 4 aromatic rings. The number of piperazine rings is 1. The fourth-order valence-electron chi connectivity index (χ4n) is 4.25. The van der Waals surface area contributed by atoms with Gasteiger partial charge in [0.2, 0.25) is 0 Å². The first kappa shape index (κ1) is 18.7. The maximum absolute atomic E-state index is 12.9. The smallest absolute Gasteiger partial charge is 0.355 e. The van der Waals surface area contributed by atoms with Crippen molar-refractivity contribution in [3.8, 4) is 11.4 Å². The van der Waals surface area contributed by atoms with Gasteiger partial charge in [-0.25, -0.2) is 19.2 Å². The van der Waals surface area contributed by atoms with E-state index in [1.807, 2.05) is 49.8 Å². The van der Waals surface area contributed by atoms with Crippen molar-refractivity contribution in [2.45, 2.75) is 33.7 Å². The van der Waals surface area contributed by atoms with E-state index in [1.165, 1.54) is 0 Å². The van der Waals surface area contributed by atoms with Gasteiger partial charge >= 0.3 is 5.69 Å². The van der Waals surface area contributed by atoms with Gasteiger partial charge in [-0.2, -0.15) is 4.98 Å². The Morgan fingerprint density at radius 2 is 1.80 bits per heavy atom. The molecule has 1 fully saturated rings. The van der Waals surface area contributed by atoms with Gasteiger partial charge in [-0.05, 0) is 51.0 Å². The van der Waals surface area contributed by atoms with Gasteiger partial charge in [-0.3, -0.25) is 0 Å². The van der Waals surface area contributed by atoms with Gasteiger partial charge in [0.05, 0.1) is 11.4 Å². The molecule has 30 heavy (non-hydrogen) atoms. The zero-order valence-corrected chi connectivity index (χ0v) is 17.7. The summed E-state index contributed by atoms with van der Waals surface area (Å²) in [6.45, 7) is 10.9. The molecule has 0 unspecified atom stereocenters. The number of aromatic nitrogens is 5. The van der Waals surface area contributed by atoms with Gasteiger partial charge in [0.1, 0.15) is 11.3 Å². The Morgan fingerprint density at radius 3 is 2.60 bits per heavy atom. The number of fused-ring (bicyclic) bond motifs is 2. The molecule has 1 aliphatic rings. The van der Waals surface area contributed by atoms with Crippen molar-refractivity contribution in [2.24, 2.45) is 0 Å². The average molecular weight is 403 g/mol. The Labute approximate surface area is 174 Å². The van der Waals surface area contributed by atoms with Crippen LogP contribution in [0.4, 0.5) is 5.69 Å². The predicted octanol–water partition coefficient (Wildman–Crippen LogP) is 2.13. The average Bonchev–Trinajstić information content (AvgIpc) is 3.09. The number of rotatable bonds is 2. The Balaban J connectivity index is 1.63. The van der Waals surface area contributed by atoms with Crippen molar-refractivity contribution in [2.75, 3.05) is 24.5 Å². The molecule has 8 heteroatoms. The number of hydrogen-bond acceptors (Lipinski definition) is 6. The van der Waals surface area contributed by atoms with E-state index in [-0.39, 0.29) is 5.69 Å². The Morgan fingerprint density at radius 1 is 1.00 bits per heavy atom. The van der Waals surface area contributed by atoms with Crippen molar-refractivity contribution in [1.82, 2.24) is 29.1 Å². The number of imidazole rings is 1. The first-order valence-corrected chi connectivity index (χ1v) is 10.2. The van der Waals surface area contributed by atoms with Crippen molar-refractivity contribution in [3.63, 3.8) is 0 Å². The summed E-state index contributed by atoms with van der Waals surface area (Å²) in [6, 6.07) is 4.51. The molecule has 8 nitrogen and oxygen atoms in total. The molecule has 154 valence electrons. The third-order valence-corrected chi connectivity index (χ3v) is 5.67. The molecule has 0 amide bonds. The minimum atomic E-state index is -0.317. The molecular formula is C22H25N7O. The third kappa shape index (κ3) is 3.13. The van der Waals surface area contributed by atoms with E-state index < -0.39 is 0 Å². The lowest BCUT2D eigenvalue weighted by Crippen LogP contribution is -2.49. The van der Waals surface area contributed by atoms with Crippen LogP contribution in [0.15, 0.2) is 35.5 Å². The molecule has 0 bridgehead atoms. The number of nitrogens with one attached hydrogen (secondary N) is 1. The molecule has 0 aliphatic carbocycles. The van der Waals surface area contributed by atoms with Crippen LogP contribution in [0.3, 0.4) is 0 Å². The summed E-state index contributed by atoms with van der Waals surface area (Å²) >= 11 is 0. The van der Waals surface area contributed by atoms with Crippen LogP contribution < -0.4 is 15.9 Å². The zero-order chi connectivity index (χ0) is 21.0. The highest BCUT2D eigenvalue weighted by Gasteiger charge is 2.18. The molecular weight excluding hydrogens is 378 g/mol. The minimum absolute atomic E-state index is 0.317. The van der Waals surface area contributed by atoms with E-state index >= 15 is 0 Å². The highest BCUT2D eigenvalue weighted by Crippen LogP contribution is 2.23. The lowest BCUT2D eigenvalue weighted by molar-refractivity contribution is 0.484. The Hall–Kier alpha value is -3.26. The molecule has 0 spiro atoms. The van der Waals surface area contributed by atoms with E-state index in [9.17, 15) is 4.79 Å². The normalized spacial score (nSPS) is 17.2. The lowest BCUT2D eigenvalue weighted by atomic mass is 10.2. The zero-order valence-electron chi connectivity index (χ0n) is 17.7. The molecule has 4 aromatic heterocycles. The summed E-state index contributed by atoms with van der Waals surface area (Å²) < 4.78 is 3.53. The van der Waals surface area contributed by atoms with Crippen LogP contribution in [-0.4, -0.2) is 49.4 Å². The first-order valence-electron chi connectivity index (χ1n) is 10.2. The van der Waals surface area contributed by atoms with E-state index in [0.717, 1.165) is 53.4 Å². The first-order chi connectivity index (χ1) is 14.4. The van der Waals surface area contributed by atoms with Crippen LogP contribution in [0, 0.1) is 20.8 Å². The van der Waals surface area contributed by atoms with Crippen LogP contribution in [0.25, 0.3) is 22.7 Å². The summed E-state index contributed by atoms with van der Waals surface area (Å²) in [5.41, 5.74) is 5.97. The van der Waals surface area contributed by atoms with Crippen LogP contribution in [0.2, 0.25) is 0 Å². The fraction of sp³-hybridized carbons (Fsp3) is 0.364. The molecule has 0 saturated carbocycles. The topological polar surface area (TPSA) is 79.8 Å². The maximum Gasteiger partial charge on any atom is 0.355 e. The molecule has 1 aliphatic heterocycles. The van der Waals surface area contributed by atoms with Crippen molar-refractivity contribution >= 4 is 17.0 Å². The molecule has 1 saturated heterocycles. The Kier molecular flexibility index (Phi) is 4.32. The summed E-state index contributed by atoms with van der Waals surface area (Å²) in [7, 11) is 0. The van der Waals surface area contributed by atoms with Crippen molar-refractivity contribution < 1.29 is 0 Å². The van der Waals surface area contributed by atoms with Crippen LogP contribution in [0.1, 0.15) is 23.7 Å². The van der Waals surface area contributed by atoms with E-state index in [0.29, 0.717) is 17.5 Å². The van der Waals surface area contributed by atoms with Gasteiger partial charge in [0, 0.05) is 49.8 Å². The number of aryl methyl sites for hydroxylation is 3. The summed E-state index contributed by atoms with van der Waals surface area (Å²) in [5, 5.41) is 3.45. The van der Waals surface area contributed by atoms with Crippen LogP contribution >= 0.6 is 0 Å². The molecule has 0 radical (unpaired) electrons. The molecule has 5 heterocycles. The summed E-state index contributed by atoms with van der Waals surface area (Å²) in [5.74, 6) is 0.433. The largest absolute Gasteiger partial charge is 0.368 e. The molecule has 5 rings (SSSR count). The van der Waals surface area contributed by atoms with Crippen molar-refractivity contribution in [3.05, 3.63) is 58.0 Å². The second-order valence-electron chi connectivity index (χ2n) is 8.23.